The maximum absolute atomic E-state index is 12.5. The van der Waals surface area contributed by atoms with Crippen LogP contribution in [0.1, 0.15) is 44.1 Å². The summed E-state index contributed by atoms with van der Waals surface area (Å²) < 4.78 is 0. The number of carbonyl (C=O) groups excluding carboxylic acids is 1. The van der Waals surface area contributed by atoms with Crippen LogP contribution in [0.25, 0.3) is 0 Å². The van der Waals surface area contributed by atoms with E-state index in [1.165, 1.54) is 31.2 Å². The fraction of sp³-hybridized carbons (Fsp3) is 0.667. The molecule has 0 unspecified atom stereocenters. The highest BCUT2D eigenvalue weighted by Gasteiger charge is 2.53. The summed E-state index contributed by atoms with van der Waals surface area (Å²) in [4.78, 5) is 17.0. The summed E-state index contributed by atoms with van der Waals surface area (Å²) in [5, 5.41) is 3.23. The summed E-state index contributed by atoms with van der Waals surface area (Å²) in [7, 11) is 1.98. The van der Waals surface area contributed by atoms with Crippen LogP contribution in [0.2, 0.25) is 0 Å². The highest BCUT2D eigenvalue weighted by molar-refractivity contribution is 5.74. The Morgan fingerprint density at radius 2 is 1.84 bits per heavy atom. The number of benzene rings is 1. The summed E-state index contributed by atoms with van der Waals surface area (Å²) in [5.41, 5.74) is 1.86. The van der Waals surface area contributed by atoms with Gasteiger partial charge in [0.05, 0.1) is 0 Å². The van der Waals surface area contributed by atoms with Gasteiger partial charge in [-0.15, -0.1) is 0 Å². The van der Waals surface area contributed by atoms with Crippen LogP contribution in [-0.2, 0) is 6.54 Å². The molecule has 0 aromatic heterocycles. The number of urea groups is 1. The number of rotatable bonds is 6. The Bertz CT molecular complexity index is 586. The van der Waals surface area contributed by atoms with Crippen LogP contribution in [0.15, 0.2) is 30.3 Å². The van der Waals surface area contributed by atoms with Crippen molar-refractivity contribution in [1.82, 2.24) is 15.1 Å². The third-order valence-electron chi connectivity index (χ3n) is 6.60. The molecule has 3 fully saturated rings. The summed E-state index contributed by atoms with van der Waals surface area (Å²) in [6.45, 7) is 4.06. The molecular formula is C21H31N3O. The van der Waals surface area contributed by atoms with Crippen molar-refractivity contribution in [2.45, 2.75) is 51.1 Å². The Hall–Kier alpha value is -1.55. The van der Waals surface area contributed by atoms with Crippen molar-refractivity contribution in [3.05, 3.63) is 35.9 Å². The van der Waals surface area contributed by atoms with Crippen LogP contribution in [0.4, 0.5) is 4.79 Å². The molecule has 2 saturated carbocycles. The van der Waals surface area contributed by atoms with E-state index in [-0.39, 0.29) is 6.03 Å². The minimum atomic E-state index is 0.133. The Morgan fingerprint density at radius 1 is 1.16 bits per heavy atom. The molecule has 0 spiro atoms. The first-order chi connectivity index (χ1) is 12.2. The van der Waals surface area contributed by atoms with Crippen molar-refractivity contribution < 1.29 is 4.79 Å². The van der Waals surface area contributed by atoms with Crippen LogP contribution in [0.5, 0.6) is 0 Å². The van der Waals surface area contributed by atoms with Gasteiger partial charge in [-0.2, -0.15) is 0 Å². The Kier molecular flexibility index (Phi) is 4.72. The molecule has 1 heterocycles. The van der Waals surface area contributed by atoms with Gasteiger partial charge in [0.2, 0.25) is 0 Å². The molecule has 0 atom stereocenters. The van der Waals surface area contributed by atoms with Crippen LogP contribution in [-0.4, -0.2) is 48.6 Å². The highest BCUT2D eigenvalue weighted by atomic mass is 16.2. The molecule has 4 rings (SSSR count). The molecule has 3 aliphatic rings. The second-order valence-electron chi connectivity index (χ2n) is 8.40. The molecule has 136 valence electrons. The van der Waals surface area contributed by atoms with Gasteiger partial charge in [0.25, 0.3) is 0 Å². The molecule has 0 bridgehead atoms. The molecule has 1 aliphatic heterocycles. The zero-order valence-corrected chi connectivity index (χ0v) is 15.4. The van der Waals surface area contributed by atoms with E-state index in [9.17, 15) is 4.79 Å². The molecule has 1 saturated heterocycles. The van der Waals surface area contributed by atoms with E-state index in [2.05, 4.69) is 40.5 Å². The lowest BCUT2D eigenvalue weighted by Crippen LogP contribution is -2.49. The number of amides is 2. The summed E-state index contributed by atoms with van der Waals surface area (Å²) >= 11 is 0. The minimum Gasteiger partial charge on any atom is -0.337 e. The SMILES string of the molecule is CN(C(=O)NCC1(C2CC2)CC1)C1CCN(Cc2ccccc2)CC1. The zero-order chi connectivity index (χ0) is 17.3. The molecule has 0 radical (unpaired) electrons. The van der Waals surface area contributed by atoms with Gasteiger partial charge in [-0.1, -0.05) is 30.3 Å². The van der Waals surface area contributed by atoms with E-state index in [1.54, 1.807) is 0 Å². The first-order valence-electron chi connectivity index (χ1n) is 9.93. The van der Waals surface area contributed by atoms with Crippen molar-refractivity contribution in [3.63, 3.8) is 0 Å². The van der Waals surface area contributed by atoms with Crippen LogP contribution in [0.3, 0.4) is 0 Å². The molecule has 25 heavy (non-hydrogen) atoms. The molecule has 4 heteroatoms. The normalized spacial score (nSPS) is 23.2. The van der Waals surface area contributed by atoms with E-state index < -0.39 is 0 Å². The smallest absolute Gasteiger partial charge is 0.317 e. The quantitative estimate of drug-likeness (QED) is 0.860. The lowest BCUT2D eigenvalue weighted by atomic mass is 10.0. The van der Waals surface area contributed by atoms with Crippen molar-refractivity contribution in [3.8, 4) is 0 Å². The second-order valence-corrected chi connectivity index (χ2v) is 8.40. The molecule has 1 aromatic carbocycles. The average Bonchev–Trinajstić information content (AvgIpc) is 3.54. The third-order valence-corrected chi connectivity index (χ3v) is 6.60. The Balaban J connectivity index is 1.21. The van der Waals surface area contributed by atoms with Gasteiger partial charge in [0.1, 0.15) is 0 Å². The second kappa shape index (κ2) is 6.99. The lowest BCUT2D eigenvalue weighted by Gasteiger charge is -2.37. The molecule has 1 aromatic rings. The number of likely N-dealkylation sites (tertiary alicyclic amines) is 1. The van der Waals surface area contributed by atoms with Crippen molar-refractivity contribution in [2.75, 3.05) is 26.7 Å². The van der Waals surface area contributed by atoms with Crippen LogP contribution >= 0.6 is 0 Å². The topological polar surface area (TPSA) is 35.6 Å². The zero-order valence-electron chi connectivity index (χ0n) is 15.4. The monoisotopic (exact) mass is 341 g/mol. The van der Waals surface area contributed by atoms with Gasteiger partial charge >= 0.3 is 6.03 Å². The highest BCUT2D eigenvalue weighted by Crippen LogP contribution is 2.60. The van der Waals surface area contributed by atoms with Crippen molar-refractivity contribution in [2.24, 2.45) is 11.3 Å². The fourth-order valence-corrected chi connectivity index (χ4v) is 4.43. The molecular weight excluding hydrogens is 310 g/mol. The number of hydrogen-bond donors (Lipinski definition) is 1. The maximum atomic E-state index is 12.5. The van der Waals surface area contributed by atoms with Gasteiger partial charge < -0.3 is 10.2 Å². The van der Waals surface area contributed by atoms with Gasteiger partial charge in [-0.05, 0) is 55.4 Å². The number of nitrogens with one attached hydrogen (secondary N) is 1. The average molecular weight is 341 g/mol. The minimum absolute atomic E-state index is 0.133. The maximum Gasteiger partial charge on any atom is 0.317 e. The predicted molar refractivity (Wildman–Crippen MR) is 100 cm³/mol. The van der Waals surface area contributed by atoms with E-state index in [4.69, 9.17) is 0 Å². The first kappa shape index (κ1) is 16.9. The van der Waals surface area contributed by atoms with E-state index in [0.717, 1.165) is 44.9 Å². The van der Waals surface area contributed by atoms with E-state index in [1.807, 2.05) is 11.9 Å². The first-order valence-corrected chi connectivity index (χ1v) is 9.93. The number of carbonyl (C=O) groups is 1. The molecule has 1 N–H and O–H groups in total. The van der Waals surface area contributed by atoms with E-state index in [0.29, 0.717) is 11.5 Å². The summed E-state index contributed by atoms with van der Waals surface area (Å²) in [6, 6.07) is 11.2. The number of hydrogen-bond acceptors (Lipinski definition) is 2. The Morgan fingerprint density at radius 3 is 2.44 bits per heavy atom. The lowest BCUT2D eigenvalue weighted by molar-refractivity contribution is 0.130. The van der Waals surface area contributed by atoms with Crippen molar-refractivity contribution >= 4 is 6.03 Å². The molecule has 2 aliphatic carbocycles. The van der Waals surface area contributed by atoms with Crippen molar-refractivity contribution in [1.29, 1.82) is 0 Å². The van der Waals surface area contributed by atoms with Gasteiger partial charge in [0.15, 0.2) is 0 Å². The van der Waals surface area contributed by atoms with E-state index >= 15 is 0 Å². The Labute approximate surface area is 151 Å². The standard InChI is InChI=1S/C21H31N3O/c1-23(20(25)22-16-21(11-12-21)18-7-8-18)19-9-13-24(14-10-19)15-17-5-3-2-4-6-17/h2-6,18-19H,7-16H2,1H3,(H,22,25). The van der Waals surface area contributed by atoms with Crippen LogP contribution in [0, 0.1) is 11.3 Å². The van der Waals surface area contributed by atoms with Gasteiger partial charge in [-0.25, -0.2) is 4.79 Å². The van der Waals surface area contributed by atoms with Crippen LogP contribution < -0.4 is 5.32 Å². The summed E-state index contributed by atoms with van der Waals surface area (Å²) in [5.74, 6) is 0.902. The molecule has 4 nitrogen and oxygen atoms in total. The number of piperidine rings is 1. The molecule has 2 amide bonds. The fourth-order valence-electron chi connectivity index (χ4n) is 4.43. The predicted octanol–water partition coefficient (Wildman–Crippen LogP) is 3.48. The summed E-state index contributed by atoms with van der Waals surface area (Å²) in [6.07, 6.45) is 7.55. The number of nitrogens with zero attached hydrogens (tertiary/aromatic N) is 2. The van der Waals surface area contributed by atoms with Gasteiger partial charge in [0, 0.05) is 39.3 Å². The van der Waals surface area contributed by atoms with Gasteiger partial charge in [-0.3, -0.25) is 4.90 Å². The third kappa shape index (κ3) is 4.00. The largest absolute Gasteiger partial charge is 0.337 e.